The lowest BCUT2D eigenvalue weighted by Gasteiger charge is -2.31. The van der Waals surface area contributed by atoms with E-state index in [1.165, 1.54) is 24.3 Å². The second-order valence-corrected chi connectivity index (χ2v) is 9.82. The molecule has 1 aliphatic rings. The summed E-state index contributed by atoms with van der Waals surface area (Å²) >= 11 is 0. The number of benzene rings is 3. The number of carbonyl (C=O) groups is 3. The van der Waals surface area contributed by atoms with E-state index in [4.69, 9.17) is 0 Å². The quantitative estimate of drug-likeness (QED) is 0.169. The smallest absolute Gasteiger partial charge is 0.454 e. The summed E-state index contributed by atoms with van der Waals surface area (Å²) in [6, 6.07) is 14.6. The zero-order chi connectivity index (χ0) is 29.0. The molecule has 0 N–H and O–H groups in total. The van der Waals surface area contributed by atoms with Crippen LogP contribution in [0.25, 0.3) is 16.5 Å². The molecule has 3 aromatic rings. The third-order valence-corrected chi connectivity index (χ3v) is 6.99. The lowest BCUT2D eigenvalue weighted by Crippen LogP contribution is -2.40. The van der Waals surface area contributed by atoms with E-state index in [0.29, 0.717) is 22.1 Å². The molecule has 210 valence electrons. The highest BCUT2D eigenvalue weighted by Gasteiger charge is 2.36. The van der Waals surface area contributed by atoms with Crippen LogP contribution >= 0.6 is 0 Å². The van der Waals surface area contributed by atoms with Gasteiger partial charge in [-0.2, -0.15) is 13.2 Å². The van der Waals surface area contributed by atoms with Crippen LogP contribution in [0.1, 0.15) is 71.4 Å². The molecule has 0 spiro atoms. The van der Waals surface area contributed by atoms with E-state index in [0.717, 1.165) is 54.7 Å². The van der Waals surface area contributed by atoms with Crippen molar-refractivity contribution in [3.8, 4) is 0 Å². The largest absolute Gasteiger partial charge is 0.872 e. The molecule has 0 saturated heterocycles. The highest BCUT2D eigenvalue weighted by atomic mass is 19.4. The van der Waals surface area contributed by atoms with E-state index in [1.807, 2.05) is 18.2 Å². The Morgan fingerprint density at radius 2 is 1.50 bits per heavy atom. The summed E-state index contributed by atoms with van der Waals surface area (Å²) in [4.78, 5) is 41.6. The predicted molar refractivity (Wildman–Crippen MR) is 146 cm³/mol. The summed E-state index contributed by atoms with van der Waals surface area (Å²) in [5.41, 5.74) is 2.23. The first-order valence-electron chi connectivity index (χ1n) is 13.3. The van der Waals surface area contributed by atoms with Gasteiger partial charge in [-0.25, -0.2) is 0 Å². The van der Waals surface area contributed by atoms with E-state index in [9.17, 15) is 32.7 Å². The Kier molecular flexibility index (Phi) is 8.61. The predicted octanol–water partition coefficient (Wildman–Crippen LogP) is 5.88. The Labute approximate surface area is 230 Å². The first kappa shape index (κ1) is 28.9. The molecule has 4 rings (SSSR count). The van der Waals surface area contributed by atoms with Gasteiger partial charge in [0, 0.05) is 40.7 Å². The highest BCUT2D eigenvalue weighted by molar-refractivity contribution is 6.26. The molecule has 0 aromatic heterocycles. The standard InChI is InChI=1S/C31H31F3N2O4/c1-3-5-16-35(17-6-4-2)25-15-14-24-28-22(25)8-7-9-23(28)29(39)36(30(24)40)19-20-10-12-21(13-11-20)26(37)18-27(38)31(32,33)34/h7-15,18,37H,3-6,16-17,19H2,1-2H3/p-1/b26-18-. The van der Waals surface area contributed by atoms with E-state index < -0.39 is 29.5 Å². The maximum absolute atomic E-state index is 13.5. The van der Waals surface area contributed by atoms with Gasteiger partial charge in [-0.3, -0.25) is 19.3 Å². The second-order valence-electron chi connectivity index (χ2n) is 9.82. The number of allylic oxidation sites excluding steroid dienone is 1. The molecule has 0 aliphatic carbocycles. The molecule has 40 heavy (non-hydrogen) atoms. The van der Waals surface area contributed by atoms with E-state index in [-0.39, 0.29) is 18.2 Å². The minimum atomic E-state index is -5.13. The molecule has 6 nitrogen and oxygen atoms in total. The maximum Gasteiger partial charge on any atom is 0.454 e. The van der Waals surface area contributed by atoms with E-state index >= 15 is 0 Å². The zero-order valence-electron chi connectivity index (χ0n) is 22.4. The normalized spacial score (nSPS) is 13.7. The summed E-state index contributed by atoms with van der Waals surface area (Å²) < 4.78 is 37.4. The van der Waals surface area contributed by atoms with Crippen LogP contribution < -0.4 is 10.0 Å². The van der Waals surface area contributed by atoms with Crippen molar-refractivity contribution in [2.75, 3.05) is 18.0 Å². The van der Waals surface area contributed by atoms with Gasteiger partial charge >= 0.3 is 6.18 Å². The van der Waals surface area contributed by atoms with Gasteiger partial charge in [-0.15, -0.1) is 0 Å². The Balaban J connectivity index is 1.62. The molecular formula is C31H30F3N2O4-. The van der Waals surface area contributed by atoms with Crippen LogP contribution in [0.4, 0.5) is 18.9 Å². The lowest BCUT2D eigenvalue weighted by atomic mass is 9.92. The molecule has 0 radical (unpaired) electrons. The van der Waals surface area contributed by atoms with Gasteiger partial charge in [-0.05, 0) is 48.2 Å². The minimum Gasteiger partial charge on any atom is -0.872 e. The molecule has 0 fully saturated rings. The molecule has 1 aliphatic heterocycles. The SMILES string of the molecule is CCCCN(CCCC)c1ccc2c3c(cccc13)C(=O)N(Cc1ccc(/C([O-])=C/C(=O)C(F)(F)F)cc1)C2=O. The molecule has 0 atom stereocenters. The fourth-order valence-electron chi connectivity index (χ4n) is 4.84. The van der Waals surface area contributed by atoms with Gasteiger partial charge in [0.05, 0.1) is 6.54 Å². The van der Waals surface area contributed by atoms with Crippen molar-refractivity contribution in [2.45, 2.75) is 52.3 Å². The molecule has 3 aromatic carbocycles. The number of unbranched alkanes of at least 4 members (excludes halogenated alkanes) is 2. The van der Waals surface area contributed by atoms with Gasteiger partial charge in [0.2, 0.25) is 0 Å². The fourth-order valence-corrected chi connectivity index (χ4v) is 4.84. The Hall–Kier alpha value is -4.14. The first-order chi connectivity index (χ1) is 19.1. The van der Waals surface area contributed by atoms with Crippen LogP contribution in [0.5, 0.6) is 0 Å². The molecular weight excluding hydrogens is 521 g/mol. The molecule has 0 unspecified atom stereocenters. The average molecular weight is 552 g/mol. The fraction of sp³-hybridized carbons (Fsp3) is 0.323. The summed E-state index contributed by atoms with van der Waals surface area (Å²) in [6.07, 6.45) is -0.972. The number of hydrogen-bond donors (Lipinski definition) is 0. The number of carbonyl (C=O) groups excluding carboxylic acids is 3. The Morgan fingerprint density at radius 1 is 0.900 bits per heavy atom. The molecule has 2 amide bonds. The monoisotopic (exact) mass is 551 g/mol. The number of anilines is 1. The third kappa shape index (κ3) is 5.88. The van der Waals surface area contributed by atoms with E-state index in [2.05, 4.69) is 18.7 Å². The summed E-state index contributed by atoms with van der Waals surface area (Å²) in [6.45, 7) is 5.95. The number of rotatable bonds is 11. The van der Waals surface area contributed by atoms with Gasteiger partial charge in [0.1, 0.15) is 0 Å². The average Bonchev–Trinajstić information content (AvgIpc) is 2.93. The zero-order valence-corrected chi connectivity index (χ0v) is 22.4. The van der Waals surface area contributed by atoms with Crippen LogP contribution in [-0.4, -0.2) is 41.8 Å². The molecule has 9 heteroatoms. The number of halogens is 3. The van der Waals surface area contributed by atoms with Crippen molar-refractivity contribution >= 4 is 39.8 Å². The van der Waals surface area contributed by atoms with Gasteiger partial charge < -0.3 is 10.0 Å². The molecule has 0 saturated carbocycles. The number of alkyl halides is 3. The van der Waals surface area contributed by atoms with Crippen molar-refractivity contribution in [3.63, 3.8) is 0 Å². The first-order valence-corrected chi connectivity index (χ1v) is 13.3. The van der Waals surface area contributed by atoms with Crippen LogP contribution in [0.15, 0.2) is 60.7 Å². The van der Waals surface area contributed by atoms with Crippen molar-refractivity contribution in [1.29, 1.82) is 0 Å². The van der Waals surface area contributed by atoms with Crippen molar-refractivity contribution in [3.05, 3.63) is 82.9 Å². The summed E-state index contributed by atoms with van der Waals surface area (Å²) in [7, 11) is 0. The topological polar surface area (TPSA) is 80.8 Å². The number of nitrogens with zero attached hydrogens (tertiary/aromatic N) is 2. The number of amides is 2. The maximum atomic E-state index is 13.5. The molecule has 0 bridgehead atoms. The van der Waals surface area contributed by atoms with Gasteiger partial charge in [0.25, 0.3) is 17.6 Å². The van der Waals surface area contributed by atoms with Crippen LogP contribution in [0, 0.1) is 0 Å². The Morgan fingerprint density at radius 3 is 2.08 bits per heavy atom. The molecule has 1 heterocycles. The minimum absolute atomic E-state index is 0.00414. The number of hydrogen-bond acceptors (Lipinski definition) is 5. The lowest BCUT2D eigenvalue weighted by molar-refractivity contribution is -0.244. The third-order valence-electron chi connectivity index (χ3n) is 6.99. The summed E-state index contributed by atoms with van der Waals surface area (Å²) in [5, 5.41) is 13.5. The van der Waals surface area contributed by atoms with E-state index in [1.54, 1.807) is 12.1 Å². The van der Waals surface area contributed by atoms with Crippen molar-refractivity contribution < 1.29 is 32.7 Å². The van der Waals surface area contributed by atoms with Crippen LogP contribution in [0.3, 0.4) is 0 Å². The highest BCUT2D eigenvalue weighted by Crippen LogP contribution is 2.37. The second kappa shape index (κ2) is 11.9. The van der Waals surface area contributed by atoms with Gasteiger partial charge in [-0.1, -0.05) is 68.8 Å². The van der Waals surface area contributed by atoms with Crippen LogP contribution in [-0.2, 0) is 11.3 Å². The number of ketones is 1. The van der Waals surface area contributed by atoms with Gasteiger partial charge in [0.15, 0.2) is 0 Å². The Bertz CT molecular complexity index is 1430. The van der Waals surface area contributed by atoms with Crippen molar-refractivity contribution in [2.24, 2.45) is 0 Å². The van der Waals surface area contributed by atoms with Crippen molar-refractivity contribution in [1.82, 2.24) is 4.90 Å². The number of imide groups is 1. The van der Waals surface area contributed by atoms with Crippen LogP contribution in [0.2, 0.25) is 0 Å². The summed E-state index contributed by atoms with van der Waals surface area (Å²) in [5.74, 6) is -4.21.